The molecule has 1 heterocycles. The number of anilines is 1. The molecular formula is C17H12BrNO3. The van der Waals surface area contributed by atoms with Gasteiger partial charge in [0, 0.05) is 21.1 Å². The average molecular weight is 358 g/mol. The Morgan fingerprint density at radius 3 is 2.68 bits per heavy atom. The van der Waals surface area contributed by atoms with Gasteiger partial charge >= 0.3 is 0 Å². The van der Waals surface area contributed by atoms with Crippen molar-refractivity contribution in [2.45, 2.75) is 6.92 Å². The molecule has 110 valence electrons. The maximum atomic E-state index is 12.2. The Balaban J connectivity index is 1.86. The van der Waals surface area contributed by atoms with Crippen molar-refractivity contribution in [1.82, 2.24) is 0 Å². The number of carbonyl (C=O) groups is 2. The van der Waals surface area contributed by atoms with Gasteiger partial charge in [0.25, 0.3) is 5.91 Å². The van der Waals surface area contributed by atoms with Crippen molar-refractivity contribution in [2.24, 2.45) is 0 Å². The fourth-order valence-electron chi connectivity index (χ4n) is 2.13. The molecule has 0 aliphatic heterocycles. The van der Waals surface area contributed by atoms with Gasteiger partial charge in [0.15, 0.2) is 11.5 Å². The van der Waals surface area contributed by atoms with Gasteiger partial charge in [-0.15, -0.1) is 0 Å². The minimum atomic E-state index is -0.354. The van der Waals surface area contributed by atoms with Gasteiger partial charge in [-0.25, -0.2) is 0 Å². The first-order valence-electron chi connectivity index (χ1n) is 6.64. The van der Waals surface area contributed by atoms with Crippen molar-refractivity contribution in [3.8, 4) is 0 Å². The van der Waals surface area contributed by atoms with Crippen molar-refractivity contribution in [3.63, 3.8) is 0 Å². The van der Waals surface area contributed by atoms with Crippen LogP contribution < -0.4 is 5.32 Å². The van der Waals surface area contributed by atoms with E-state index in [-0.39, 0.29) is 17.5 Å². The summed E-state index contributed by atoms with van der Waals surface area (Å²) in [7, 11) is 0. The molecule has 0 saturated heterocycles. The summed E-state index contributed by atoms with van der Waals surface area (Å²) >= 11 is 3.38. The van der Waals surface area contributed by atoms with E-state index in [0.717, 1.165) is 9.86 Å². The Bertz CT molecular complexity index is 882. The smallest absolute Gasteiger partial charge is 0.291 e. The zero-order chi connectivity index (χ0) is 15.7. The molecule has 0 saturated carbocycles. The highest BCUT2D eigenvalue weighted by molar-refractivity contribution is 9.10. The van der Waals surface area contributed by atoms with Crippen LogP contribution in [-0.2, 0) is 0 Å². The topological polar surface area (TPSA) is 59.3 Å². The quantitative estimate of drug-likeness (QED) is 0.694. The lowest BCUT2D eigenvalue weighted by molar-refractivity contribution is 0.0993. The summed E-state index contributed by atoms with van der Waals surface area (Å²) in [6.45, 7) is 1.48. The molecule has 0 aliphatic carbocycles. The lowest BCUT2D eigenvalue weighted by Gasteiger charge is -2.04. The molecular weight excluding hydrogens is 346 g/mol. The van der Waals surface area contributed by atoms with Crippen molar-refractivity contribution >= 4 is 44.3 Å². The molecule has 0 aliphatic rings. The molecule has 2 aromatic carbocycles. The summed E-state index contributed by atoms with van der Waals surface area (Å²) < 4.78 is 6.45. The Labute approximate surface area is 135 Å². The average Bonchev–Trinajstić information content (AvgIpc) is 2.90. The normalized spacial score (nSPS) is 10.6. The first kappa shape index (κ1) is 14.5. The molecule has 5 heteroatoms. The lowest BCUT2D eigenvalue weighted by Crippen LogP contribution is -2.11. The summed E-state index contributed by atoms with van der Waals surface area (Å²) in [6, 6.07) is 14.0. The molecule has 22 heavy (non-hydrogen) atoms. The Morgan fingerprint density at radius 2 is 1.91 bits per heavy atom. The van der Waals surface area contributed by atoms with Crippen LogP contribution in [0, 0.1) is 0 Å². The van der Waals surface area contributed by atoms with E-state index in [1.807, 2.05) is 12.1 Å². The monoisotopic (exact) mass is 357 g/mol. The van der Waals surface area contributed by atoms with E-state index >= 15 is 0 Å². The highest BCUT2D eigenvalue weighted by Gasteiger charge is 2.13. The number of amides is 1. The van der Waals surface area contributed by atoms with Crippen LogP contribution >= 0.6 is 15.9 Å². The van der Waals surface area contributed by atoms with E-state index in [1.165, 1.54) is 6.92 Å². The zero-order valence-corrected chi connectivity index (χ0v) is 13.3. The number of halogens is 1. The highest BCUT2D eigenvalue weighted by Crippen LogP contribution is 2.24. The van der Waals surface area contributed by atoms with Gasteiger partial charge in [-0.05, 0) is 43.3 Å². The van der Waals surface area contributed by atoms with Crippen LogP contribution in [0.3, 0.4) is 0 Å². The van der Waals surface area contributed by atoms with Crippen LogP contribution in [0.5, 0.6) is 0 Å². The number of nitrogens with one attached hydrogen (secondary N) is 1. The number of hydrogen-bond acceptors (Lipinski definition) is 3. The summed E-state index contributed by atoms with van der Waals surface area (Å²) in [6.07, 6.45) is 0. The second-order valence-corrected chi connectivity index (χ2v) is 5.80. The van der Waals surface area contributed by atoms with E-state index in [2.05, 4.69) is 21.2 Å². The number of furan rings is 1. The fourth-order valence-corrected chi connectivity index (χ4v) is 2.51. The van der Waals surface area contributed by atoms with Gasteiger partial charge in [0.1, 0.15) is 5.58 Å². The Kier molecular flexibility index (Phi) is 3.81. The predicted octanol–water partition coefficient (Wildman–Crippen LogP) is 4.65. The van der Waals surface area contributed by atoms with Crippen LogP contribution in [0.2, 0.25) is 0 Å². The molecule has 3 rings (SSSR count). The molecule has 0 bridgehead atoms. The largest absolute Gasteiger partial charge is 0.451 e. The highest BCUT2D eigenvalue weighted by atomic mass is 79.9. The van der Waals surface area contributed by atoms with Crippen LogP contribution in [-0.4, -0.2) is 11.7 Å². The summed E-state index contributed by atoms with van der Waals surface area (Å²) in [5.74, 6) is -0.181. The molecule has 0 fully saturated rings. The standard InChI is InChI=1S/C17H12BrNO3/c1-10(20)11-3-2-4-14(8-11)19-17(21)16-9-12-7-13(18)5-6-15(12)22-16/h2-9H,1H3,(H,19,21). The molecule has 0 atom stereocenters. The SMILES string of the molecule is CC(=O)c1cccc(NC(=O)c2cc3cc(Br)ccc3o2)c1. The number of benzene rings is 2. The fraction of sp³-hybridized carbons (Fsp3) is 0.0588. The lowest BCUT2D eigenvalue weighted by atomic mass is 10.1. The van der Waals surface area contributed by atoms with Crippen molar-refractivity contribution in [1.29, 1.82) is 0 Å². The Morgan fingerprint density at radius 1 is 1.09 bits per heavy atom. The van der Waals surface area contributed by atoms with Crippen LogP contribution in [0.1, 0.15) is 27.8 Å². The summed E-state index contributed by atoms with van der Waals surface area (Å²) in [5.41, 5.74) is 1.75. The molecule has 0 spiro atoms. The third kappa shape index (κ3) is 2.94. The van der Waals surface area contributed by atoms with Gasteiger partial charge in [0.05, 0.1) is 0 Å². The van der Waals surface area contributed by atoms with E-state index in [4.69, 9.17) is 4.42 Å². The number of Topliss-reactive ketones (excluding diaryl/α,β-unsaturated/α-hetero) is 1. The first-order chi connectivity index (χ1) is 10.5. The van der Waals surface area contributed by atoms with Crippen molar-refractivity contribution in [2.75, 3.05) is 5.32 Å². The third-order valence-corrected chi connectivity index (χ3v) is 3.72. The number of rotatable bonds is 3. The van der Waals surface area contributed by atoms with Gasteiger partial charge in [-0.3, -0.25) is 9.59 Å². The second-order valence-electron chi connectivity index (χ2n) is 4.88. The molecule has 1 N–H and O–H groups in total. The van der Waals surface area contributed by atoms with Crippen molar-refractivity contribution in [3.05, 3.63) is 64.3 Å². The summed E-state index contributed by atoms with van der Waals surface area (Å²) in [5, 5.41) is 3.58. The van der Waals surface area contributed by atoms with Gasteiger partial charge in [-0.2, -0.15) is 0 Å². The maximum Gasteiger partial charge on any atom is 0.291 e. The van der Waals surface area contributed by atoms with E-state index < -0.39 is 0 Å². The number of fused-ring (bicyclic) bond motifs is 1. The summed E-state index contributed by atoms with van der Waals surface area (Å²) in [4.78, 5) is 23.6. The molecule has 1 amide bonds. The van der Waals surface area contributed by atoms with Crippen LogP contribution in [0.25, 0.3) is 11.0 Å². The Hall–Kier alpha value is -2.40. The molecule has 3 aromatic rings. The maximum absolute atomic E-state index is 12.2. The van der Waals surface area contributed by atoms with E-state index in [9.17, 15) is 9.59 Å². The minimum Gasteiger partial charge on any atom is -0.451 e. The number of ketones is 1. The van der Waals surface area contributed by atoms with Crippen molar-refractivity contribution < 1.29 is 14.0 Å². The molecule has 0 radical (unpaired) electrons. The third-order valence-electron chi connectivity index (χ3n) is 3.23. The van der Waals surface area contributed by atoms with Crippen LogP contribution in [0.4, 0.5) is 5.69 Å². The van der Waals surface area contributed by atoms with Gasteiger partial charge < -0.3 is 9.73 Å². The minimum absolute atomic E-state index is 0.0512. The molecule has 0 unspecified atom stereocenters. The van der Waals surface area contributed by atoms with E-state index in [0.29, 0.717) is 16.8 Å². The molecule has 1 aromatic heterocycles. The predicted molar refractivity (Wildman–Crippen MR) is 88.3 cm³/mol. The molecule has 4 nitrogen and oxygen atoms in total. The number of carbonyl (C=O) groups excluding carboxylic acids is 2. The van der Waals surface area contributed by atoms with Gasteiger partial charge in [-0.1, -0.05) is 28.1 Å². The van der Waals surface area contributed by atoms with Gasteiger partial charge in [0.2, 0.25) is 0 Å². The second kappa shape index (κ2) is 5.77. The van der Waals surface area contributed by atoms with Crippen LogP contribution in [0.15, 0.2) is 57.4 Å². The van der Waals surface area contributed by atoms with E-state index in [1.54, 1.807) is 36.4 Å². The zero-order valence-electron chi connectivity index (χ0n) is 11.7. The first-order valence-corrected chi connectivity index (χ1v) is 7.44. The number of hydrogen-bond donors (Lipinski definition) is 1.